The first-order valence-corrected chi connectivity index (χ1v) is 6.39. The average molecular weight is 305 g/mol. The van der Waals surface area contributed by atoms with Crippen molar-refractivity contribution in [3.8, 4) is 5.75 Å². The number of nitrogens with one attached hydrogen (secondary N) is 1. The number of carbonyl (C=O) groups excluding carboxylic acids is 1. The van der Waals surface area contributed by atoms with E-state index in [4.69, 9.17) is 22.7 Å². The summed E-state index contributed by atoms with van der Waals surface area (Å²) in [5.74, 6) is -0.422. The highest BCUT2D eigenvalue weighted by Gasteiger charge is 2.08. The van der Waals surface area contributed by atoms with Crippen LogP contribution in [-0.4, -0.2) is 22.5 Å². The molecule has 2 aromatic rings. The highest BCUT2D eigenvalue weighted by atomic mass is 32.1. The maximum atomic E-state index is 12.7. The molecule has 108 valence electrons. The Morgan fingerprint density at radius 2 is 2.19 bits per heavy atom. The van der Waals surface area contributed by atoms with Crippen molar-refractivity contribution in [1.29, 1.82) is 0 Å². The summed E-state index contributed by atoms with van der Waals surface area (Å²) in [6.45, 7) is 0.117. The highest BCUT2D eigenvalue weighted by Crippen LogP contribution is 2.17. The van der Waals surface area contributed by atoms with Gasteiger partial charge < -0.3 is 15.8 Å². The fourth-order valence-electron chi connectivity index (χ4n) is 1.52. The summed E-state index contributed by atoms with van der Waals surface area (Å²) in [5, 5.41) is 2.64. The van der Waals surface area contributed by atoms with Gasteiger partial charge >= 0.3 is 0 Å². The first kappa shape index (κ1) is 14.9. The van der Waals surface area contributed by atoms with Crippen LogP contribution < -0.4 is 15.8 Å². The molecular weight excluding hydrogens is 293 g/mol. The second kappa shape index (κ2) is 6.76. The van der Waals surface area contributed by atoms with Gasteiger partial charge in [0.2, 0.25) is 0 Å². The third-order valence-corrected chi connectivity index (χ3v) is 2.55. The fraction of sp³-hybridized carbons (Fsp3) is 0.0714. The number of nitrogens with two attached hydrogens (primary N) is 1. The topological polar surface area (TPSA) is 77.2 Å². The Balaban J connectivity index is 2.05. The van der Waals surface area contributed by atoms with Crippen LogP contribution in [-0.2, 0) is 0 Å². The summed E-state index contributed by atoms with van der Waals surface area (Å²) < 4.78 is 18.1. The number of hydrogen-bond donors (Lipinski definition) is 2. The SMILES string of the molecule is NC(=S)COc1cccc(NC(=O)c2ccc(F)cn2)c1. The summed E-state index contributed by atoms with van der Waals surface area (Å²) in [5.41, 5.74) is 5.98. The molecule has 0 fully saturated rings. The number of pyridine rings is 1. The van der Waals surface area contributed by atoms with Crippen LogP contribution in [0.25, 0.3) is 0 Å². The standard InChI is InChI=1S/C14H12FN3O2S/c15-9-4-5-12(17-7-9)14(19)18-10-2-1-3-11(6-10)20-8-13(16)21/h1-7H,8H2,(H2,16,21)(H,18,19). The van der Waals surface area contributed by atoms with Crippen molar-refractivity contribution in [3.63, 3.8) is 0 Å². The molecule has 0 aliphatic heterocycles. The minimum absolute atomic E-state index is 0.117. The lowest BCUT2D eigenvalue weighted by atomic mass is 10.2. The van der Waals surface area contributed by atoms with Crippen LogP contribution in [0.15, 0.2) is 42.6 Å². The van der Waals surface area contributed by atoms with Crippen molar-refractivity contribution in [2.75, 3.05) is 11.9 Å². The molecule has 0 atom stereocenters. The zero-order chi connectivity index (χ0) is 15.2. The van der Waals surface area contributed by atoms with Crippen molar-refractivity contribution >= 4 is 28.8 Å². The zero-order valence-corrected chi connectivity index (χ0v) is 11.7. The van der Waals surface area contributed by atoms with Crippen LogP contribution in [0, 0.1) is 5.82 Å². The van der Waals surface area contributed by atoms with E-state index in [0.717, 1.165) is 6.20 Å². The quantitative estimate of drug-likeness (QED) is 0.828. The zero-order valence-electron chi connectivity index (χ0n) is 10.9. The lowest BCUT2D eigenvalue weighted by Gasteiger charge is -2.08. The van der Waals surface area contributed by atoms with Crippen LogP contribution in [0.4, 0.5) is 10.1 Å². The van der Waals surface area contributed by atoms with Gasteiger partial charge in [0, 0.05) is 11.8 Å². The molecule has 5 nitrogen and oxygen atoms in total. The summed E-state index contributed by atoms with van der Waals surface area (Å²) >= 11 is 4.72. The summed E-state index contributed by atoms with van der Waals surface area (Å²) in [4.78, 5) is 15.9. The Hall–Kier alpha value is -2.54. The molecule has 1 heterocycles. The number of nitrogens with zero attached hydrogens (tertiary/aromatic N) is 1. The van der Waals surface area contributed by atoms with Gasteiger partial charge in [0.15, 0.2) is 0 Å². The molecule has 21 heavy (non-hydrogen) atoms. The van der Waals surface area contributed by atoms with Gasteiger partial charge in [-0.3, -0.25) is 4.79 Å². The van der Waals surface area contributed by atoms with Crippen LogP contribution >= 0.6 is 12.2 Å². The monoisotopic (exact) mass is 305 g/mol. The molecule has 2 rings (SSSR count). The molecule has 0 saturated carbocycles. The Kier molecular flexibility index (Phi) is 4.78. The second-order valence-electron chi connectivity index (χ2n) is 4.10. The molecule has 1 aromatic heterocycles. The normalized spacial score (nSPS) is 9.95. The fourth-order valence-corrected chi connectivity index (χ4v) is 1.58. The molecule has 0 aliphatic carbocycles. The van der Waals surface area contributed by atoms with E-state index in [-0.39, 0.29) is 17.3 Å². The van der Waals surface area contributed by atoms with E-state index in [1.54, 1.807) is 24.3 Å². The summed E-state index contributed by atoms with van der Waals surface area (Å²) in [7, 11) is 0. The number of halogens is 1. The predicted octanol–water partition coefficient (Wildman–Crippen LogP) is 2.14. The van der Waals surface area contributed by atoms with Gasteiger partial charge in [-0.15, -0.1) is 0 Å². The van der Waals surface area contributed by atoms with Crippen LogP contribution in [0.3, 0.4) is 0 Å². The lowest BCUT2D eigenvalue weighted by Crippen LogP contribution is -2.18. The molecule has 7 heteroatoms. The van der Waals surface area contributed by atoms with E-state index < -0.39 is 11.7 Å². The van der Waals surface area contributed by atoms with Gasteiger partial charge in [0.25, 0.3) is 5.91 Å². The van der Waals surface area contributed by atoms with Crippen LogP contribution in [0.1, 0.15) is 10.5 Å². The number of benzene rings is 1. The third-order valence-electron chi connectivity index (χ3n) is 2.43. The lowest BCUT2D eigenvalue weighted by molar-refractivity contribution is 0.102. The second-order valence-corrected chi connectivity index (χ2v) is 4.62. The largest absolute Gasteiger partial charge is 0.486 e. The maximum Gasteiger partial charge on any atom is 0.274 e. The van der Waals surface area contributed by atoms with E-state index in [1.807, 2.05) is 0 Å². The van der Waals surface area contributed by atoms with E-state index in [1.165, 1.54) is 12.1 Å². The van der Waals surface area contributed by atoms with E-state index in [9.17, 15) is 9.18 Å². The number of hydrogen-bond acceptors (Lipinski definition) is 4. The smallest absolute Gasteiger partial charge is 0.274 e. The molecule has 0 unspecified atom stereocenters. The predicted molar refractivity (Wildman–Crippen MR) is 80.9 cm³/mol. The minimum Gasteiger partial charge on any atom is -0.486 e. The van der Waals surface area contributed by atoms with Gasteiger partial charge in [-0.05, 0) is 24.3 Å². The molecule has 1 aromatic carbocycles. The van der Waals surface area contributed by atoms with Gasteiger partial charge in [-0.25, -0.2) is 9.37 Å². The number of carbonyl (C=O) groups is 1. The van der Waals surface area contributed by atoms with Crippen molar-refractivity contribution < 1.29 is 13.9 Å². The highest BCUT2D eigenvalue weighted by molar-refractivity contribution is 7.80. The number of aromatic nitrogens is 1. The van der Waals surface area contributed by atoms with Crippen molar-refractivity contribution in [1.82, 2.24) is 4.98 Å². The molecule has 0 aliphatic rings. The van der Waals surface area contributed by atoms with Gasteiger partial charge in [0.05, 0.1) is 6.20 Å². The molecule has 0 saturated heterocycles. The molecular formula is C14H12FN3O2S. The van der Waals surface area contributed by atoms with Crippen molar-refractivity contribution in [2.24, 2.45) is 5.73 Å². The van der Waals surface area contributed by atoms with Crippen molar-refractivity contribution in [2.45, 2.75) is 0 Å². The number of thiocarbonyl (C=S) groups is 1. The van der Waals surface area contributed by atoms with Crippen LogP contribution in [0.2, 0.25) is 0 Å². The van der Waals surface area contributed by atoms with Crippen LogP contribution in [0.5, 0.6) is 5.75 Å². The van der Waals surface area contributed by atoms with Crippen molar-refractivity contribution in [3.05, 3.63) is 54.1 Å². The van der Waals surface area contributed by atoms with Gasteiger partial charge in [-0.2, -0.15) is 0 Å². The van der Waals surface area contributed by atoms with E-state index in [2.05, 4.69) is 10.3 Å². The summed E-state index contributed by atoms with van der Waals surface area (Å²) in [6, 6.07) is 9.21. The number of rotatable bonds is 5. The Bertz CT molecular complexity index is 662. The van der Waals surface area contributed by atoms with E-state index >= 15 is 0 Å². The Morgan fingerprint density at radius 1 is 1.38 bits per heavy atom. The molecule has 0 bridgehead atoms. The Labute approximate surface area is 125 Å². The van der Waals surface area contributed by atoms with Gasteiger partial charge in [0.1, 0.15) is 28.9 Å². The molecule has 1 amide bonds. The molecule has 0 spiro atoms. The molecule has 0 radical (unpaired) electrons. The first-order chi connectivity index (χ1) is 10.0. The number of anilines is 1. The Morgan fingerprint density at radius 3 is 2.86 bits per heavy atom. The first-order valence-electron chi connectivity index (χ1n) is 5.98. The third kappa shape index (κ3) is 4.50. The average Bonchev–Trinajstić information content (AvgIpc) is 2.46. The maximum absolute atomic E-state index is 12.7. The minimum atomic E-state index is -0.500. The number of ether oxygens (including phenoxy) is 1. The summed E-state index contributed by atoms with van der Waals surface area (Å²) in [6.07, 6.45) is 0.983. The molecule has 3 N–H and O–H groups in total. The number of amides is 1. The van der Waals surface area contributed by atoms with Gasteiger partial charge in [-0.1, -0.05) is 18.3 Å². The van der Waals surface area contributed by atoms with E-state index in [0.29, 0.717) is 11.4 Å².